The zero-order valence-corrected chi connectivity index (χ0v) is 21.7. The Kier molecular flexibility index (Phi) is 7.20. The van der Waals surface area contributed by atoms with E-state index in [9.17, 15) is 9.59 Å². The first-order valence-corrected chi connectivity index (χ1v) is 13.6. The highest BCUT2D eigenvalue weighted by atomic mass is 32.2. The van der Waals surface area contributed by atoms with Crippen LogP contribution < -0.4 is 15.7 Å². The molecule has 2 aromatic carbocycles. The maximum atomic E-state index is 13.7. The van der Waals surface area contributed by atoms with Crippen LogP contribution in [0.15, 0.2) is 69.6 Å². The van der Waals surface area contributed by atoms with Crippen LogP contribution in [-0.2, 0) is 17.6 Å². The Morgan fingerprint density at radius 2 is 1.97 bits per heavy atom. The number of benzene rings is 2. The van der Waals surface area contributed by atoms with Crippen molar-refractivity contribution < 1.29 is 9.53 Å². The zero-order chi connectivity index (χ0) is 25.1. The number of aromatic nitrogens is 2. The van der Waals surface area contributed by atoms with Crippen LogP contribution in [0.2, 0.25) is 0 Å². The molecule has 0 saturated carbocycles. The second-order valence-electron chi connectivity index (χ2n) is 8.51. The summed E-state index contributed by atoms with van der Waals surface area (Å²) in [6.07, 6.45) is 4.15. The first-order valence-electron chi connectivity index (χ1n) is 11.8. The van der Waals surface area contributed by atoms with Gasteiger partial charge in [0.05, 0.1) is 29.6 Å². The maximum absolute atomic E-state index is 13.7. The predicted molar refractivity (Wildman–Crippen MR) is 146 cm³/mol. The molecule has 0 radical (unpaired) electrons. The normalized spacial score (nSPS) is 13.4. The van der Waals surface area contributed by atoms with Gasteiger partial charge in [0.25, 0.3) is 11.5 Å². The lowest BCUT2D eigenvalue weighted by molar-refractivity contribution is -0.118. The van der Waals surface area contributed by atoms with E-state index in [1.165, 1.54) is 16.6 Å². The number of rotatable bonds is 7. The standard InChI is InChI=1S/C27H26N4O3S2/c1-17(18-9-8-12-20(15-18)34-2)29-30-23(32)16-35-27-28-25-24(21-13-6-7-14-22(21)36-25)26(33)31(27)19-10-4-3-5-11-19/h3-5,8-12,15H,6-7,13-14,16H2,1-2H3,(H,30,32)/b29-17-. The third kappa shape index (κ3) is 4.94. The number of hydrogen-bond donors (Lipinski definition) is 1. The number of para-hydroxylation sites is 1. The highest BCUT2D eigenvalue weighted by Gasteiger charge is 2.23. The summed E-state index contributed by atoms with van der Waals surface area (Å²) in [7, 11) is 1.61. The molecular formula is C27H26N4O3S2. The lowest BCUT2D eigenvalue weighted by atomic mass is 9.97. The molecule has 9 heteroatoms. The minimum absolute atomic E-state index is 0.0691. The number of hydrogen-bond acceptors (Lipinski definition) is 7. The molecule has 184 valence electrons. The van der Waals surface area contributed by atoms with Crippen LogP contribution in [-0.4, -0.2) is 34.0 Å². The van der Waals surface area contributed by atoms with E-state index in [0.717, 1.165) is 58.5 Å². The van der Waals surface area contributed by atoms with Gasteiger partial charge in [0.2, 0.25) is 0 Å². The Labute approximate surface area is 217 Å². The molecule has 0 bridgehead atoms. The smallest absolute Gasteiger partial charge is 0.267 e. The molecule has 0 spiro atoms. The second kappa shape index (κ2) is 10.7. The summed E-state index contributed by atoms with van der Waals surface area (Å²) >= 11 is 2.85. The molecule has 7 nitrogen and oxygen atoms in total. The molecule has 36 heavy (non-hydrogen) atoms. The highest BCUT2D eigenvalue weighted by molar-refractivity contribution is 7.99. The molecule has 2 aromatic heterocycles. The number of carbonyl (C=O) groups is 1. The average Bonchev–Trinajstić information content (AvgIpc) is 3.29. The minimum Gasteiger partial charge on any atom is -0.497 e. The van der Waals surface area contributed by atoms with Gasteiger partial charge in [-0.2, -0.15) is 5.10 Å². The van der Waals surface area contributed by atoms with Crippen LogP contribution in [0.1, 0.15) is 35.8 Å². The van der Waals surface area contributed by atoms with E-state index in [2.05, 4.69) is 10.5 Å². The van der Waals surface area contributed by atoms with Gasteiger partial charge in [0, 0.05) is 10.4 Å². The topological polar surface area (TPSA) is 85.6 Å². The van der Waals surface area contributed by atoms with E-state index in [1.807, 2.05) is 61.5 Å². The third-order valence-electron chi connectivity index (χ3n) is 6.14. The summed E-state index contributed by atoms with van der Waals surface area (Å²) in [4.78, 5) is 33.3. The number of aryl methyl sites for hydroxylation is 2. The molecule has 5 rings (SSSR count). The minimum atomic E-state index is -0.276. The predicted octanol–water partition coefficient (Wildman–Crippen LogP) is 4.97. The number of amides is 1. The first kappa shape index (κ1) is 24.3. The van der Waals surface area contributed by atoms with Crippen molar-refractivity contribution in [3.8, 4) is 11.4 Å². The van der Waals surface area contributed by atoms with E-state index in [1.54, 1.807) is 23.0 Å². The zero-order valence-electron chi connectivity index (χ0n) is 20.1. The number of thiophene rings is 1. The van der Waals surface area contributed by atoms with E-state index < -0.39 is 0 Å². The van der Waals surface area contributed by atoms with Gasteiger partial charge in [-0.25, -0.2) is 10.4 Å². The fraction of sp³-hybridized carbons (Fsp3) is 0.259. The molecule has 1 aliphatic carbocycles. The monoisotopic (exact) mass is 518 g/mol. The van der Waals surface area contributed by atoms with Crippen molar-refractivity contribution in [3.63, 3.8) is 0 Å². The Bertz CT molecular complexity index is 1510. The van der Waals surface area contributed by atoms with E-state index in [4.69, 9.17) is 9.72 Å². The number of carbonyl (C=O) groups excluding carboxylic acids is 1. The van der Waals surface area contributed by atoms with Crippen molar-refractivity contribution in [2.24, 2.45) is 5.10 Å². The highest BCUT2D eigenvalue weighted by Crippen LogP contribution is 2.35. The molecule has 1 aliphatic rings. The number of ether oxygens (including phenoxy) is 1. The van der Waals surface area contributed by atoms with Crippen molar-refractivity contribution in [1.82, 2.24) is 15.0 Å². The molecule has 0 aliphatic heterocycles. The van der Waals surface area contributed by atoms with Gasteiger partial charge in [-0.3, -0.25) is 14.2 Å². The summed E-state index contributed by atoms with van der Waals surface area (Å²) < 4.78 is 6.88. The van der Waals surface area contributed by atoms with Crippen molar-refractivity contribution in [2.45, 2.75) is 37.8 Å². The molecule has 0 saturated heterocycles. The SMILES string of the molecule is COc1cccc(/C(C)=N\NC(=O)CSc2nc3sc4c(c3c(=O)n2-c2ccccc2)CCCC4)c1. The van der Waals surface area contributed by atoms with Crippen LogP contribution >= 0.6 is 23.1 Å². The average molecular weight is 519 g/mol. The van der Waals surface area contributed by atoms with Gasteiger partial charge in [0.15, 0.2) is 5.16 Å². The fourth-order valence-electron chi connectivity index (χ4n) is 4.31. The summed E-state index contributed by atoms with van der Waals surface area (Å²) in [6, 6.07) is 17.0. The van der Waals surface area contributed by atoms with Crippen LogP contribution in [0, 0.1) is 0 Å². The maximum Gasteiger partial charge on any atom is 0.267 e. The number of methoxy groups -OCH3 is 1. The molecule has 2 heterocycles. The molecule has 0 fully saturated rings. The number of nitrogens with one attached hydrogen (secondary N) is 1. The molecule has 1 N–H and O–H groups in total. The van der Waals surface area contributed by atoms with Crippen LogP contribution in [0.4, 0.5) is 0 Å². The largest absolute Gasteiger partial charge is 0.497 e. The van der Waals surface area contributed by atoms with E-state index in [0.29, 0.717) is 10.9 Å². The number of thioether (sulfide) groups is 1. The van der Waals surface area contributed by atoms with Gasteiger partial charge < -0.3 is 4.74 Å². The number of hydrazone groups is 1. The van der Waals surface area contributed by atoms with Crippen LogP contribution in [0.25, 0.3) is 15.9 Å². The number of nitrogens with zero attached hydrogens (tertiary/aromatic N) is 3. The van der Waals surface area contributed by atoms with Gasteiger partial charge in [-0.1, -0.05) is 42.1 Å². The summed E-state index contributed by atoms with van der Waals surface area (Å²) in [5.74, 6) is 0.520. The third-order valence-corrected chi connectivity index (χ3v) is 8.26. The lowest BCUT2D eigenvalue weighted by Crippen LogP contribution is -2.24. The van der Waals surface area contributed by atoms with Gasteiger partial charge in [0.1, 0.15) is 10.6 Å². The van der Waals surface area contributed by atoms with Gasteiger partial charge in [-0.15, -0.1) is 11.3 Å². The quantitative estimate of drug-likeness (QED) is 0.162. The van der Waals surface area contributed by atoms with Crippen LogP contribution in [0.3, 0.4) is 0 Å². The molecule has 4 aromatic rings. The Morgan fingerprint density at radius 3 is 2.78 bits per heavy atom. The van der Waals surface area contributed by atoms with E-state index in [-0.39, 0.29) is 17.2 Å². The van der Waals surface area contributed by atoms with Gasteiger partial charge >= 0.3 is 0 Å². The Hall–Kier alpha value is -3.43. The van der Waals surface area contributed by atoms with E-state index >= 15 is 0 Å². The lowest BCUT2D eigenvalue weighted by Gasteiger charge is -2.13. The summed E-state index contributed by atoms with van der Waals surface area (Å²) in [6.45, 7) is 1.82. The fourth-order valence-corrected chi connectivity index (χ4v) is 6.42. The summed E-state index contributed by atoms with van der Waals surface area (Å²) in [5.41, 5.74) is 5.96. The van der Waals surface area contributed by atoms with Crippen molar-refractivity contribution in [1.29, 1.82) is 0 Å². The number of fused-ring (bicyclic) bond motifs is 3. The Balaban J connectivity index is 1.41. The molecule has 0 atom stereocenters. The molecule has 0 unspecified atom stereocenters. The van der Waals surface area contributed by atoms with Crippen molar-refractivity contribution in [3.05, 3.63) is 81.0 Å². The molecular weight excluding hydrogens is 492 g/mol. The van der Waals surface area contributed by atoms with Gasteiger partial charge in [-0.05, 0) is 62.4 Å². The van der Waals surface area contributed by atoms with Crippen molar-refractivity contribution >= 4 is 44.9 Å². The Morgan fingerprint density at radius 1 is 1.17 bits per heavy atom. The molecule has 1 amide bonds. The van der Waals surface area contributed by atoms with Crippen molar-refractivity contribution in [2.75, 3.05) is 12.9 Å². The second-order valence-corrected chi connectivity index (χ2v) is 10.5. The summed E-state index contributed by atoms with van der Waals surface area (Å²) in [5, 5.41) is 5.46. The first-order chi connectivity index (χ1) is 17.5. The van der Waals surface area contributed by atoms with Crippen LogP contribution in [0.5, 0.6) is 5.75 Å².